The van der Waals surface area contributed by atoms with Crippen molar-refractivity contribution in [3.63, 3.8) is 0 Å². The highest BCUT2D eigenvalue weighted by atomic mass is 16.7. The van der Waals surface area contributed by atoms with Gasteiger partial charge in [-0.3, -0.25) is 9.59 Å². The predicted octanol–water partition coefficient (Wildman–Crippen LogP) is -2.70. The average molecular weight is 334 g/mol. The van der Waals surface area contributed by atoms with Gasteiger partial charge in [-0.25, -0.2) is 4.79 Å². The largest absolute Gasteiger partial charge is 0.477 e. The van der Waals surface area contributed by atoms with Crippen molar-refractivity contribution in [1.29, 1.82) is 0 Å². The van der Waals surface area contributed by atoms with Crippen LogP contribution in [-0.2, 0) is 19.1 Å². The van der Waals surface area contributed by atoms with E-state index in [1.165, 1.54) is 20.8 Å². The number of nitrogens with one attached hydrogen (secondary N) is 2. The van der Waals surface area contributed by atoms with Crippen molar-refractivity contribution < 1.29 is 39.5 Å². The molecule has 1 aliphatic heterocycles. The summed E-state index contributed by atoms with van der Waals surface area (Å²) < 4.78 is 5.15. The summed E-state index contributed by atoms with van der Waals surface area (Å²) in [5.41, 5.74) is 0. The number of carboxylic acid groups (broad SMARTS) is 1. The maximum Gasteiger partial charge on any atom is 0.364 e. The van der Waals surface area contributed by atoms with Gasteiger partial charge in [0.15, 0.2) is 0 Å². The molecule has 0 saturated carbocycles. The molecule has 1 saturated heterocycles. The van der Waals surface area contributed by atoms with E-state index in [4.69, 9.17) is 9.84 Å². The van der Waals surface area contributed by atoms with E-state index in [0.717, 1.165) is 0 Å². The predicted molar refractivity (Wildman–Crippen MR) is 75.0 cm³/mol. The number of carboxylic acids is 1. The van der Waals surface area contributed by atoms with E-state index in [1.807, 2.05) is 0 Å². The minimum atomic E-state index is -2.70. The Morgan fingerprint density at radius 3 is 2.22 bits per heavy atom. The summed E-state index contributed by atoms with van der Waals surface area (Å²) in [6, 6.07) is -2.29. The SMILES string of the molecule is CC(=O)N[C@@H]([C@@H]1O[C@](O)(C(=O)O)C[C@H](O)[C@H]1NC(C)=O)[C@H](C)O. The van der Waals surface area contributed by atoms with Gasteiger partial charge in [0, 0.05) is 20.3 Å². The van der Waals surface area contributed by atoms with E-state index in [-0.39, 0.29) is 0 Å². The number of carbonyl (C=O) groups excluding carboxylic acids is 2. The standard InChI is InChI=1S/C13H22N2O8/c1-5(16)9(14-6(2)17)11-10(15-7(3)18)8(19)4-13(22,23-11)12(20)21/h5,8-11,16,19,22H,4H2,1-3H3,(H,14,17)(H,15,18)(H,20,21)/t5-,8-,9+,10+,11-,13-/m0/s1. The molecule has 0 unspecified atom stereocenters. The third-order valence-corrected chi connectivity index (χ3v) is 3.53. The van der Waals surface area contributed by atoms with Crippen molar-refractivity contribution >= 4 is 17.8 Å². The first-order valence-electron chi connectivity index (χ1n) is 7.02. The van der Waals surface area contributed by atoms with Gasteiger partial charge in [0.1, 0.15) is 6.10 Å². The second kappa shape index (κ2) is 7.21. The number of amides is 2. The zero-order valence-corrected chi connectivity index (χ0v) is 13.0. The smallest absolute Gasteiger partial charge is 0.364 e. The van der Waals surface area contributed by atoms with Crippen LogP contribution in [0.4, 0.5) is 0 Å². The van der Waals surface area contributed by atoms with Crippen LogP contribution in [0.25, 0.3) is 0 Å². The third kappa shape index (κ3) is 4.61. The van der Waals surface area contributed by atoms with E-state index in [9.17, 15) is 29.7 Å². The lowest BCUT2D eigenvalue weighted by atomic mass is 9.87. The topological polar surface area (TPSA) is 165 Å². The molecule has 6 atom stereocenters. The number of hydrogen-bond acceptors (Lipinski definition) is 7. The second-order valence-electron chi connectivity index (χ2n) is 5.64. The summed E-state index contributed by atoms with van der Waals surface area (Å²) in [6.45, 7) is 3.67. The average Bonchev–Trinajstić information content (AvgIpc) is 2.38. The minimum absolute atomic E-state index is 0.532. The fourth-order valence-electron chi connectivity index (χ4n) is 2.54. The van der Waals surface area contributed by atoms with Gasteiger partial charge in [-0.15, -0.1) is 0 Å². The molecule has 0 spiro atoms. The fourth-order valence-corrected chi connectivity index (χ4v) is 2.54. The molecular weight excluding hydrogens is 312 g/mol. The molecule has 23 heavy (non-hydrogen) atoms. The maximum atomic E-state index is 11.3. The van der Waals surface area contributed by atoms with Crippen LogP contribution < -0.4 is 10.6 Å². The highest BCUT2D eigenvalue weighted by molar-refractivity contribution is 5.76. The third-order valence-electron chi connectivity index (χ3n) is 3.53. The summed E-state index contributed by atoms with van der Waals surface area (Å²) in [4.78, 5) is 33.8. The lowest BCUT2D eigenvalue weighted by Crippen LogP contribution is -2.69. The minimum Gasteiger partial charge on any atom is -0.477 e. The van der Waals surface area contributed by atoms with Crippen LogP contribution >= 0.6 is 0 Å². The van der Waals surface area contributed by atoms with Crippen molar-refractivity contribution in [2.75, 3.05) is 0 Å². The maximum absolute atomic E-state index is 11.3. The van der Waals surface area contributed by atoms with Crippen molar-refractivity contribution in [3.05, 3.63) is 0 Å². The molecule has 0 aromatic carbocycles. The Morgan fingerprint density at radius 1 is 1.26 bits per heavy atom. The van der Waals surface area contributed by atoms with Crippen molar-refractivity contribution in [1.82, 2.24) is 10.6 Å². The number of hydrogen-bond donors (Lipinski definition) is 6. The first-order chi connectivity index (χ1) is 10.5. The second-order valence-corrected chi connectivity index (χ2v) is 5.64. The molecule has 1 rings (SSSR count). The highest BCUT2D eigenvalue weighted by Crippen LogP contribution is 2.30. The van der Waals surface area contributed by atoms with Crippen molar-refractivity contribution in [2.24, 2.45) is 0 Å². The zero-order valence-electron chi connectivity index (χ0n) is 13.0. The Kier molecular flexibility index (Phi) is 6.05. The van der Waals surface area contributed by atoms with E-state index in [0.29, 0.717) is 0 Å². The van der Waals surface area contributed by atoms with Crippen LogP contribution in [-0.4, -0.2) is 74.4 Å². The molecule has 0 aliphatic carbocycles. The van der Waals surface area contributed by atoms with Gasteiger partial charge >= 0.3 is 5.97 Å². The fraction of sp³-hybridized carbons (Fsp3) is 0.769. The zero-order chi connectivity index (χ0) is 17.9. The quantitative estimate of drug-likeness (QED) is 0.316. The van der Waals surface area contributed by atoms with Gasteiger partial charge in [0.2, 0.25) is 11.8 Å². The number of aliphatic carboxylic acids is 1. The molecule has 0 bridgehead atoms. The Hall–Kier alpha value is -1.75. The van der Waals surface area contributed by atoms with Gasteiger partial charge in [-0.2, -0.15) is 0 Å². The number of aliphatic hydroxyl groups is 3. The lowest BCUT2D eigenvalue weighted by Gasteiger charge is -2.45. The molecule has 1 aliphatic rings. The number of ether oxygens (including phenoxy) is 1. The molecule has 1 fully saturated rings. The number of aliphatic hydroxyl groups excluding tert-OH is 2. The Morgan fingerprint density at radius 2 is 1.83 bits per heavy atom. The van der Waals surface area contributed by atoms with Gasteiger partial charge < -0.3 is 35.8 Å². The normalized spacial score (nSPS) is 33.4. The van der Waals surface area contributed by atoms with Crippen molar-refractivity contribution in [3.8, 4) is 0 Å². The molecule has 6 N–H and O–H groups in total. The van der Waals surface area contributed by atoms with Crippen LogP contribution in [0.5, 0.6) is 0 Å². The van der Waals surface area contributed by atoms with Gasteiger partial charge in [0.25, 0.3) is 5.79 Å². The van der Waals surface area contributed by atoms with Crippen LogP contribution in [0.2, 0.25) is 0 Å². The summed E-state index contributed by atoms with van der Waals surface area (Å²) in [6.07, 6.45) is -4.72. The van der Waals surface area contributed by atoms with Gasteiger partial charge in [0.05, 0.1) is 24.3 Å². The van der Waals surface area contributed by atoms with Gasteiger partial charge in [-0.05, 0) is 6.92 Å². The van der Waals surface area contributed by atoms with Gasteiger partial charge in [-0.1, -0.05) is 0 Å². The molecular formula is C13H22N2O8. The van der Waals surface area contributed by atoms with E-state index < -0.39 is 60.4 Å². The molecule has 0 aromatic rings. The molecule has 2 amide bonds. The summed E-state index contributed by atoms with van der Waals surface area (Å²) in [5.74, 6) is -5.50. The summed E-state index contributed by atoms with van der Waals surface area (Å²) in [5, 5.41) is 43.8. The lowest BCUT2D eigenvalue weighted by molar-refractivity contribution is -0.283. The molecule has 132 valence electrons. The first-order valence-corrected chi connectivity index (χ1v) is 7.02. The van der Waals surface area contributed by atoms with Crippen LogP contribution in [0.1, 0.15) is 27.2 Å². The number of rotatable bonds is 5. The molecule has 10 heteroatoms. The monoisotopic (exact) mass is 334 g/mol. The van der Waals surface area contributed by atoms with E-state index >= 15 is 0 Å². The van der Waals surface area contributed by atoms with Crippen LogP contribution in [0, 0.1) is 0 Å². The van der Waals surface area contributed by atoms with Crippen LogP contribution in [0.15, 0.2) is 0 Å². The summed E-state index contributed by atoms with van der Waals surface area (Å²) in [7, 11) is 0. The Balaban J connectivity index is 3.21. The van der Waals surface area contributed by atoms with Crippen LogP contribution in [0.3, 0.4) is 0 Å². The first kappa shape index (κ1) is 19.3. The van der Waals surface area contributed by atoms with E-state index in [2.05, 4.69) is 10.6 Å². The molecule has 0 radical (unpaired) electrons. The Labute approximate surface area is 132 Å². The molecule has 1 heterocycles. The number of carbonyl (C=O) groups is 3. The Bertz CT molecular complexity index is 465. The molecule has 0 aromatic heterocycles. The van der Waals surface area contributed by atoms with E-state index in [1.54, 1.807) is 0 Å². The summed E-state index contributed by atoms with van der Waals surface area (Å²) >= 11 is 0. The molecule has 10 nitrogen and oxygen atoms in total. The highest BCUT2D eigenvalue weighted by Gasteiger charge is 2.53. The van der Waals surface area contributed by atoms with Crippen molar-refractivity contribution in [2.45, 2.75) is 63.4 Å².